The number of nitrogens with one attached hydrogen (secondary N) is 2. The number of amides is 2. The number of halogens is 3. The van der Waals surface area contributed by atoms with Crippen LogP contribution >= 0.6 is 0 Å². The molecule has 0 radical (unpaired) electrons. The molecule has 2 amide bonds. The number of urea groups is 1. The van der Waals surface area contributed by atoms with Gasteiger partial charge in [0.15, 0.2) is 0 Å². The Morgan fingerprint density at radius 3 is 2.43 bits per heavy atom. The molecule has 6 nitrogen and oxygen atoms in total. The van der Waals surface area contributed by atoms with E-state index in [-0.39, 0.29) is 6.61 Å². The van der Waals surface area contributed by atoms with Crippen molar-refractivity contribution in [2.75, 3.05) is 32.8 Å². The molecule has 1 aliphatic rings. The van der Waals surface area contributed by atoms with Gasteiger partial charge in [0.2, 0.25) is 0 Å². The Kier molecular flexibility index (Phi) is 7.56. The number of hydrogen-bond acceptors (Lipinski definition) is 4. The number of piperidine rings is 1. The molecule has 9 heteroatoms. The zero-order valence-electron chi connectivity index (χ0n) is 13.6. The van der Waals surface area contributed by atoms with E-state index in [1.807, 2.05) is 0 Å². The molecular weight excluding hydrogens is 315 g/mol. The van der Waals surface area contributed by atoms with Gasteiger partial charge in [-0.25, -0.2) is 10.3 Å². The normalized spacial score (nSPS) is 18.0. The van der Waals surface area contributed by atoms with Gasteiger partial charge < -0.3 is 10.4 Å². The van der Waals surface area contributed by atoms with Gasteiger partial charge in [0, 0.05) is 6.54 Å². The number of alkyl halides is 3. The molecule has 0 bridgehead atoms. The van der Waals surface area contributed by atoms with Crippen molar-refractivity contribution in [1.29, 1.82) is 0 Å². The van der Waals surface area contributed by atoms with Gasteiger partial charge in [-0.15, -0.1) is 0 Å². The number of likely N-dealkylation sites (tertiary alicyclic amines) is 1. The minimum absolute atomic E-state index is 0.0297. The number of hydrogen-bond donors (Lipinski definition) is 3. The minimum Gasteiger partial charge on any atom is -0.388 e. The van der Waals surface area contributed by atoms with Crippen molar-refractivity contribution in [1.82, 2.24) is 15.7 Å². The Hall–Kier alpha value is -1.06. The maximum Gasteiger partial charge on any atom is 0.401 e. The van der Waals surface area contributed by atoms with Crippen LogP contribution < -0.4 is 10.8 Å². The summed E-state index contributed by atoms with van der Waals surface area (Å²) in [5.41, 5.74) is 1.14. The van der Waals surface area contributed by atoms with Gasteiger partial charge in [0.05, 0.1) is 12.1 Å². The molecule has 0 unspecified atom stereocenters. The van der Waals surface area contributed by atoms with Crippen LogP contribution in [0.2, 0.25) is 0 Å². The van der Waals surface area contributed by atoms with Gasteiger partial charge in [0.1, 0.15) is 6.61 Å². The second-order valence-electron chi connectivity index (χ2n) is 6.58. The molecule has 0 saturated carbocycles. The van der Waals surface area contributed by atoms with Gasteiger partial charge >= 0.3 is 12.2 Å². The first-order chi connectivity index (χ1) is 10.6. The van der Waals surface area contributed by atoms with Gasteiger partial charge in [-0.05, 0) is 52.1 Å². The largest absolute Gasteiger partial charge is 0.401 e. The Bertz CT molecular complexity index is 365. The highest BCUT2D eigenvalue weighted by Crippen LogP contribution is 2.23. The zero-order chi connectivity index (χ0) is 17.5. The SMILES string of the molecule is CC(C)(O)CONC(=O)NCCC1CCN(CC(F)(F)F)CC1. The average Bonchev–Trinajstić information content (AvgIpc) is 2.37. The van der Waals surface area contributed by atoms with E-state index in [9.17, 15) is 23.1 Å². The summed E-state index contributed by atoms with van der Waals surface area (Å²) in [5.74, 6) is 0.317. The van der Waals surface area contributed by atoms with Crippen molar-refractivity contribution >= 4 is 6.03 Å². The van der Waals surface area contributed by atoms with Crippen LogP contribution in [0.1, 0.15) is 33.1 Å². The van der Waals surface area contributed by atoms with Crippen molar-refractivity contribution in [3.05, 3.63) is 0 Å². The topological polar surface area (TPSA) is 73.8 Å². The van der Waals surface area contributed by atoms with Crippen molar-refractivity contribution < 1.29 is 27.9 Å². The highest BCUT2D eigenvalue weighted by molar-refractivity contribution is 5.72. The molecule has 0 aromatic carbocycles. The van der Waals surface area contributed by atoms with Crippen LogP contribution in [0.15, 0.2) is 0 Å². The lowest BCUT2D eigenvalue weighted by molar-refractivity contribution is -0.148. The van der Waals surface area contributed by atoms with Crippen LogP contribution in [0.3, 0.4) is 0 Å². The molecule has 1 aliphatic heterocycles. The van der Waals surface area contributed by atoms with Crippen molar-refractivity contribution in [3.63, 3.8) is 0 Å². The van der Waals surface area contributed by atoms with E-state index in [4.69, 9.17) is 4.84 Å². The fourth-order valence-corrected chi connectivity index (χ4v) is 2.39. The third-order valence-corrected chi connectivity index (χ3v) is 3.54. The number of aliphatic hydroxyl groups is 1. The summed E-state index contributed by atoms with van der Waals surface area (Å²) in [6, 6.07) is -0.497. The molecule has 0 aromatic rings. The lowest BCUT2D eigenvalue weighted by Gasteiger charge is -2.32. The predicted octanol–water partition coefficient (Wildman–Crippen LogP) is 1.65. The second-order valence-corrected chi connectivity index (χ2v) is 6.58. The van der Waals surface area contributed by atoms with Gasteiger partial charge in [0.25, 0.3) is 0 Å². The highest BCUT2D eigenvalue weighted by Gasteiger charge is 2.32. The van der Waals surface area contributed by atoms with Crippen LogP contribution in [-0.4, -0.2) is 60.6 Å². The third kappa shape index (κ3) is 10.4. The molecule has 0 spiro atoms. The first kappa shape index (κ1) is 20.0. The van der Waals surface area contributed by atoms with Crippen LogP contribution in [-0.2, 0) is 4.84 Å². The zero-order valence-corrected chi connectivity index (χ0v) is 13.6. The monoisotopic (exact) mass is 341 g/mol. The van der Waals surface area contributed by atoms with Gasteiger partial charge in [-0.2, -0.15) is 13.2 Å². The number of rotatable bonds is 7. The van der Waals surface area contributed by atoms with Crippen LogP contribution in [0.5, 0.6) is 0 Å². The van der Waals surface area contributed by atoms with Gasteiger partial charge in [-0.1, -0.05) is 0 Å². The minimum atomic E-state index is -4.14. The molecule has 1 heterocycles. The van der Waals surface area contributed by atoms with Crippen molar-refractivity contribution in [2.45, 2.75) is 44.9 Å². The van der Waals surface area contributed by atoms with Crippen LogP contribution in [0.25, 0.3) is 0 Å². The van der Waals surface area contributed by atoms with Crippen LogP contribution in [0, 0.1) is 5.92 Å². The number of hydroxylamine groups is 1. The van der Waals surface area contributed by atoms with E-state index in [0.717, 1.165) is 6.42 Å². The molecule has 136 valence electrons. The second kappa shape index (κ2) is 8.70. The molecule has 1 rings (SSSR count). The molecule has 1 saturated heterocycles. The molecule has 1 fully saturated rings. The van der Waals surface area contributed by atoms with Crippen molar-refractivity contribution in [3.8, 4) is 0 Å². The number of carbonyl (C=O) groups excluding carboxylic acids is 1. The molecule has 0 atom stereocenters. The molecular formula is C14H26F3N3O3. The maximum absolute atomic E-state index is 12.3. The van der Waals surface area contributed by atoms with E-state index in [2.05, 4.69) is 10.8 Å². The summed E-state index contributed by atoms with van der Waals surface area (Å²) in [4.78, 5) is 17.7. The number of carbonyl (C=O) groups is 1. The van der Waals surface area contributed by atoms with E-state index < -0.39 is 24.4 Å². The Labute approximate surface area is 134 Å². The quantitative estimate of drug-likeness (QED) is 0.616. The third-order valence-electron chi connectivity index (χ3n) is 3.54. The standard InChI is InChI=1S/C14H26F3N3O3/c1-13(2,22)10-23-19-12(21)18-6-3-11-4-7-20(8-5-11)9-14(15,16)17/h11,22H,3-10H2,1-2H3,(H2,18,19,21). The summed E-state index contributed by atoms with van der Waals surface area (Å²) in [5, 5.41) is 12.0. The summed E-state index contributed by atoms with van der Waals surface area (Å²) in [7, 11) is 0. The Balaban J connectivity index is 2.08. The fourth-order valence-electron chi connectivity index (χ4n) is 2.39. The summed E-state index contributed by atoms with van der Waals surface area (Å²) < 4.78 is 36.8. The van der Waals surface area contributed by atoms with Gasteiger partial charge in [-0.3, -0.25) is 9.74 Å². The smallest absolute Gasteiger partial charge is 0.388 e. The summed E-state index contributed by atoms with van der Waals surface area (Å²) >= 11 is 0. The predicted molar refractivity (Wildman–Crippen MR) is 78.6 cm³/mol. The fraction of sp³-hybridized carbons (Fsp3) is 0.929. The van der Waals surface area contributed by atoms with E-state index in [1.165, 1.54) is 4.90 Å². The molecule has 0 aliphatic carbocycles. The summed E-state index contributed by atoms with van der Waals surface area (Å²) in [6.45, 7) is 3.53. The highest BCUT2D eigenvalue weighted by atomic mass is 19.4. The van der Waals surface area contributed by atoms with E-state index in [0.29, 0.717) is 38.4 Å². The van der Waals surface area contributed by atoms with E-state index >= 15 is 0 Å². The Morgan fingerprint density at radius 1 is 1.30 bits per heavy atom. The Morgan fingerprint density at radius 2 is 1.91 bits per heavy atom. The van der Waals surface area contributed by atoms with Crippen molar-refractivity contribution in [2.24, 2.45) is 5.92 Å². The molecule has 0 aromatic heterocycles. The first-order valence-electron chi connectivity index (χ1n) is 7.72. The number of nitrogens with zero attached hydrogens (tertiary/aromatic N) is 1. The molecule has 23 heavy (non-hydrogen) atoms. The lowest BCUT2D eigenvalue weighted by atomic mass is 9.93. The summed E-state index contributed by atoms with van der Waals surface area (Å²) in [6.07, 6.45) is -2.02. The van der Waals surface area contributed by atoms with Crippen LogP contribution in [0.4, 0.5) is 18.0 Å². The van der Waals surface area contributed by atoms with E-state index in [1.54, 1.807) is 13.8 Å². The lowest BCUT2D eigenvalue weighted by Crippen LogP contribution is -2.42. The first-order valence-corrected chi connectivity index (χ1v) is 7.72. The molecule has 3 N–H and O–H groups in total. The average molecular weight is 341 g/mol. The maximum atomic E-state index is 12.3.